The molecule has 0 aliphatic carbocycles. The number of fused-ring (bicyclic) bond motifs is 1. The zero-order valence-electron chi connectivity index (χ0n) is 17.5. The van der Waals surface area contributed by atoms with Gasteiger partial charge in [0.15, 0.2) is 11.2 Å². The smallest absolute Gasteiger partial charge is 0.262 e. The van der Waals surface area contributed by atoms with Gasteiger partial charge in [-0.2, -0.15) is 0 Å². The largest absolute Gasteiger partial charge is 0.394 e. The van der Waals surface area contributed by atoms with Gasteiger partial charge in [-0.1, -0.05) is 19.6 Å². The van der Waals surface area contributed by atoms with E-state index in [-0.39, 0.29) is 31.3 Å². The maximum absolute atomic E-state index is 13.5. The van der Waals surface area contributed by atoms with Crippen molar-refractivity contribution in [1.82, 2.24) is 9.80 Å². The summed E-state index contributed by atoms with van der Waals surface area (Å²) in [5, 5.41) is 9.96. The van der Waals surface area contributed by atoms with E-state index in [1.807, 2.05) is 0 Å². The molecule has 160 valence electrons. The van der Waals surface area contributed by atoms with Crippen LogP contribution in [0.3, 0.4) is 0 Å². The van der Waals surface area contributed by atoms with E-state index in [0.717, 1.165) is 31.1 Å². The van der Waals surface area contributed by atoms with Gasteiger partial charge in [0.05, 0.1) is 19.2 Å². The molecular weight excluding hydrogens is 396 g/mol. The molecule has 3 fully saturated rings. The summed E-state index contributed by atoms with van der Waals surface area (Å²) in [4.78, 5) is 28.4. The van der Waals surface area contributed by atoms with Crippen LogP contribution in [0.25, 0.3) is 0 Å². The minimum Gasteiger partial charge on any atom is -0.394 e. The van der Waals surface area contributed by atoms with Crippen LogP contribution in [0.1, 0.15) is 25.7 Å². The fraction of sp³-hybridized carbons (Fsp3) is 0.895. The summed E-state index contributed by atoms with van der Waals surface area (Å²) in [6.07, 6.45) is 2.50. The van der Waals surface area contributed by atoms with Crippen LogP contribution in [-0.4, -0.2) is 90.7 Å². The molecule has 3 aliphatic heterocycles. The van der Waals surface area contributed by atoms with Crippen molar-refractivity contribution in [3.05, 3.63) is 0 Å². The Kier molecular flexibility index (Phi) is 6.81. The molecule has 0 spiro atoms. The lowest BCUT2D eigenvalue weighted by molar-refractivity contribution is -0.200. The highest BCUT2D eigenvalue weighted by Gasteiger charge is 2.64. The number of aliphatic hydroxyl groups excluding tert-OH is 1. The van der Waals surface area contributed by atoms with Gasteiger partial charge in [0, 0.05) is 28.1 Å². The van der Waals surface area contributed by atoms with Crippen molar-refractivity contribution in [2.45, 2.75) is 74.7 Å². The Bertz CT molecular complexity index is 595. The van der Waals surface area contributed by atoms with Gasteiger partial charge in [-0.15, -0.1) is 11.8 Å². The predicted octanol–water partition coefficient (Wildman–Crippen LogP) is 1.73. The number of carbonyl (C=O) groups excluding carboxylic acids is 2. The Morgan fingerprint density at radius 1 is 1.32 bits per heavy atom. The Balaban J connectivity index is 1.91. The highest BCUT2D eigenvalue weighted by molar-refractivity contribution is 8.01. The first-order valence-corrected chi connectivity index (χ1v) is 15.0. The summed E-state index contributed by atoms with van der Waals surface area (Å²) in [5.74, 6) is 0.588. The van der Waals surface area contributed by atoms with Crippen molar-refractivity contribution in [2.75, 3.05) is 32.6 Å². The lowest BCUT2D eigenvalue weighted by Crippen LogP contribution is -2.68. The van der Waals surface area contributed by atoms with E-state index in [4.69, 9.17) is 9.47 Å². The Morgan fingerprint density at radius 2 is 2.07 bits per heavy atom. The van der Waals surface area contributed by atoms with Crippen molar-refractivity contribution < 1.29 is 24.2 Å². The molecule has 3 saturated heterocycles. The molecule has 28 heavy (non-hydrogen) atoms. The van der Waals surface area contributed by atoms with E-state index >= 15 is 0 Å². The monoisotopic (exact) mass is 430 g/mol. The summed E-state index contributed by atoms with van der Waals surface area (Å²) in [7, 11) is 0.381. The number of ether oxygens (including phenoxy) is 2. The third kappa shape index (κ3) is 4.28. The summed E-state index contributed by atoms with van der Waals surface area (Å²) in [6, 6.07) is 0.660. The van der Waals surface area contributed by atoms with E-state index in [2.05, 4.69) is 19.6 Å². The van der Waals surface area contributed by atoms with Crippen molar-refractivity contribution in [3.8, 4) is 0 Å². The third-order valence-electron chi connectivity index (χ3n) is 5.78. The van der Waals surface area contributed by atoms with Crippen LogP contribution in [-0.2, 0) is 19.1 Å². The zero-order chi connectivity index (χ0) is 20.5. The van der Waals surface area contributed by atoms with Gasteiger partial charge in [0.2, 0.25) is 5.91 Å². The highest BCUT2D eigenvalue weighted by Crippen LogP contribution is 2.48. The minimum atomic E-state index is -1.30. The van der Waals surface area contributed by atoms with Crippen molar-refractivity contribution in [3.63, 3.8) is 0 Å². The number of piperazine rings is 1. The molecule has 0 saturated carbocycles. The molecule has 7 nitrogen and oxygen atoms in total. The standard InChI is InChI=1S/C19H34N2O5SSi/c1-20-12-16(23)21-14(13-22)11-15(26-17-7-5-6-8-25-17)19(21,18(20)24)27-9-10-28(2,3)4/h14-15,17,22H,5-13H2,1-4H3/t14-,15+,17?,19-/m1/s1. The Labute approximate surface area is 173 Å². The number of nitrogens with zero attached hydrogens (tertiary/aromatic N) is 2. The average molecular weight is 431 g/mol. The number of thioether (sulfide) groups is 1. The quantitative estimate of drug-likeness (QED) is 0.620. The normalized spacial score (nSPS) is 34.1. The van der Waals surface area contributed by atoms with Crippen LogP contribution < -0.4 is 0 Å². The summed E-state index contributed by atoms with van der Waals surface area (Å²) < 4.78 is 12.1. The van der Waals surface area contributed by atoms with Gasteiger partial charge in [0.1, 0.15) is 6.10 Å². The molecule has 0 bridgehead atoms. The molecule has 3 aliphatic rings. The fourth-order valence-corrected chi connectivity index (χ4v) is 8.41. The lowest BCUT2D eigenvalue weighted by Gasteiger charge is -2.47. The van der Waals surface area contributed by atoms with Crippen LogP contribution in [0.5, 0.6) is 0 Å². The number of amides is 2. The number of aliphatic hydroxyl groups is 1. The summed E-state index contributed by atoms with van der Waals surface area (Å²) in [5.41, 5.74) is 0. The average Bonchev–Trinajstić information content (AvgIpc) is 2.94. The predicted molar refractivity (Wildman–Crippen MR) is 112 cm³/mol. The minimum absolute atomic E-state index is 0.0539. The lowest BCUT2D eigenvalue weighted by atomic mass is 10.1. The van der Waals surface area contributed by atoms with Crippen LogP contribution in [0.2, 0.25) is 25.7 Å². The number of likely N-dealkylation sites (N-methyl/N-ethyl adjacent to an activating group) is 1. The second-order valence-electron chi connectivity index (χ2n) is 9.27. The summed E-state index contributed by atoms with van der Waals surface area (Å²) in [6.45, 7) is 7.46. The SMILES string of the molecule is CN1CC(=O)N2[C@@H](CO)C[C@H](OC3CCCCO3)[C@@]2(SCC[Si](C)(C)C)C1=O. The Morgan fingerprint density at radius 3 is 2.68 bits per heavy atom. The zero-order valence-corrected chi connectivity index (χ0v) is 19.3. The molecule has 3 rings (SSSR count). The molecule has 9 heteroatoms. The maximum Gasteiger partial charge on any atom is 0.262 e. The number of hydrogen-bond donors (Lipinski definition) is 1. The van der Waals surface area contributed by atoms with E-state index in [9.17, 15) is 14.7 Å². The van der Waals surface area contributed by atoms with Gasteiger partial charge in [0.25, 0.3) is 5.91 Å². The molecule has 2 amide bonds. The molecule has 0 aromatic carbocycles. The van der Waals surface area contributed by atoms with Gasteiger partial charge in [-0.25, -0.2) is 0 Å². The fourth-order valence-electron chi connectivity index (χ4n) is 4.24. The van der Waals surface area contributed by atoms with Crippen molar-refractivity contribution in [1.29, 1.82) is 0 Å². The maximum atomic E-state index is 13.5. The molecular formula is C19H34N2O5SSi. The van der Waals surface area contributed by atoms with Crippen LogP contribution in [0, 0.1) is 0 Å². The number of rotatable bonds is 7. The molecule has 1 unspecified atom stereocenters. The third-order valence-corrected chi connectivity index (χ3v) is 9.37. The second kappa shape index (κ2) is 8.63. The molecule has 0 aromatic heterocycles. The second-order valence-corrected chi connectivity index (χ2v) is 16.2. The molecule has 4 atom stereocenters. The van der Waals surface area contributed by atoms with E-state index in [1.54, 1.807) is 11.9 Å². The molecule has 0 radical (unpaired) electrons. The first kappa shape index (κ1) is 22.1. The summed E-state index contributed by atoms with van der Waals surface area (Å²) >= 11 is 1.53. The van der Waals surface area contributed by atoms with Gasteiger partial charge >= 0.3 is 0 Å². The van der Waals surface area contributed by atoms with Crippen LogP contribution in [0.15, 0.2) is 0 Å². The molecule has 1 N–H and O–H groups in total. The van der Waals surface area contributed by atoms with Crippen molar-refractivity contribution >= 4 is 31.7 Å². The highest BCUT2D eigenvalue weighted by atomic mass is 32.2. The van der Waals surface area contributed by atoms with Gasteiger partial charge < -0.3 is 24.4 Å². The van der Waals surface area contributed by atoms with E-state index in [1.165, 1.54) is 16.7 Å². The first-order chi connectivity index (χ1) is 13.2. The first-order valence-electron chi connectivity index (χ1n) is 10.3. The molecule has 0 aromatic rings. The number of carbonyl (C=O) groups is 2. The van der Waals surface area contributed by atoms with Crippen LogP contribution in [0.4, 0.5) is 0 Å². The van der Waals surface area contributed by atoms with Crippen LogP contribution >= 0.6 is 11.8 Å². The van der Waals surface area contributed by atoms with Gasteiger partial charge in [-0.05, 0) is 31.1 Å². The van der Waals surface area contributed by atoms with Gasteiger partial charge in [-0.3, -0.25) is 9.59 Å². The Hall–Kier alpha value is -0.613. The van der Waals surface area contributed by atoms with E-state index in [0.29, 0.717) is 13.0 Å². The van der Waals surface area contributed by atoms with Crippen molar-refractivity contribution in [2.24, 2.45) is 0 Å². The number of hydrogen-bond acceptors (Lipinski definition) is 6. The van der Waals surface area contributed by atoms with E-state index < -0.39 is 25.1 Å². The topological polar surface area (TPSA) is 79.3 Å². The molecule has 3 heterocycles.